The number of rotatable bonds is 4. The molecule has 0 radical (unpaired) electrons. The van der Waals surface area contributed by atoms with Crippen molar-refractivity contribution in [3.05, 3.63) is 12.0 Å². The first-order valence-electron chi connectivity index (χ1n) is 7.88. The average molecular weight is 343 g/mol. The van der Waals surface area contributed by atoms with Crippen LogP contribution < -0.4 is 5.32 Å². The molecule has 1 fully saturated rings. The van der Waals surface area contributed by atoms with Crippen LogP contribution in [0.4, 0.5) is 6.01 Å². The molecule has 8 heteroatoms. The molecule has 1 saturated heterocycles. The Morgan fingerprint density at radius 2 is 2.17 bits per heavy atom. The molecule has 2 rings (SSSR count). The Balaban J connectivity index is 2.02. The van der Waals surface area contributed by atoms with E-state index in [0.29, 0.717) is 19.4 Å². The molecule has 1 aromatic heterocycles. The molecule has 0 spiro atoms. The van der Waals surface area contributed by atoms with Crippen molar-refractivity contribution in [1.82, 2.24) is 9.29 Å². The molecule has 1 aliphatic heterocycles. The molecular formula is C15H25N3O4S. The molecule has 0 aromatic carbocycles. The van der Waals surface area contributed by atoms with Crippen LogP contribution in [0.5, 0.6) is 0 Å². The number of anilines is 1. The third kappa shape index (κ3) is 4.32. The van der Waals surface area contributed by atoms with Crippen LogP contribution in [0.2, 0.25) is 0 Å². The molecule has 1 unspecified atom stereocenters. The molecule has 7 nitrogen and oxygen atoms in total. The van der Waals surface area contributed by atoms with Crippen LogP contribution in [0.25, 0.3) is 0 Å². The minimum Gasteiger partial charge on any atom is -0.432 e. The Bertz CT molecular complexity index is 661. The van der Waals surface area contributed by atoms with Crippen molar-refractivity contribution in [3.63, 3.8) is 0 Å². The number of hydrogen-bond donors (Lipinski definition) is 1. The smallest absolute Gasteiger partial charge is 0.301 e. The van der Waals surface area contributed by atoms with Gasteiger partial charge in [-0.3, -0.25) is 10.1 Å². The second-order valence-corrected chi connectivity index (χ2v) is 9.13. The molecule has 1 aliphatic rings. The summed E-state index contributed by atoms with van der Waals surface area (Å²) < 4.78 is 30.6. The minimum atomic E-state index is -3.26. The highest BCUT2D eigenvalue weighted by molar-refractivity contribution is 7.89. The lowest BCUT2D eigenvalue weighted by molar-refractivity contribution is -0.121. The second-order valence-electron chi connectivity index (χ2n) is 6.87. The van der Waals surface area contributed by atoms with E-state index < -0.39 is 10.0 Å². The Labute approximate surface area is 137 Å². The second kappa shape index (κ2) is 6.60. The Hall–Kier alpha value is -1.41. The number of aromatic nitrogens is 1. The summed E-state index contributed by atoms with van der Waals surface area (Å²) in [4.78, 5) is 16.6. The fraction of sp³-hybridized carbons (Fsp3) is 0.733. The van der Waals surface area contributed by atoms with Gasteiger partial charge in [0.05, 0.1) is 17.4 Å². The normalized spacial score (nSPS) is 20.4. The van der Waals surface area contributed by atoms with Gasteiger partial charge in [0.1, 0.15) is 6.26 Å². The van der Waals surface area contributed by atoms with Crippen LogP contribution in [0.15, 0.2) is 10.7 Å². The summed E-state index contributed by atoms with van der Waals surface area (Å²) in [5.41, 5.74) is 0.593. The van der Waals surface area contributed by atoms with Crippen LogP contribution in [0.1, 0.15) is 46.2 Å². The van der Waals surface area contributed by atoms with E-state index in [1.54, 1.807) is 6.92 Å². The van der Waals surface area contributed by atoms with Gasteiger partial charge in [0.15, 0.2) is 0 Å². The van der Waals surface area contributed by atoms with E-state index in [1.807, 2.05) is 20.8 Å². The highest BCUT2D eigenvalue weighted by Gasteiger charge is 2.32. The number of piperidine rings is 1. The zero-order valence-corrected chi connectivity index (χ0v) is 14.9. The number of hydrogen-bond acceptors (Lipinski definition) is 5. The van der Waals surface area contributed by atoms with Gasteiger partial charge in [-0.05, 0) is 19.8 Å². The summed E-state index contributed by atoms with van der Waals surface area (Å²) >= 11 is 0. The summed E-state index contributed by atoms with van der Waals surface area (Å²) in [5, 5.41) is 2.66. The zero-order valence-electron chi connectivity index (χ0n) is 14.1. The molecule has 2 heterocycles. The number of oxazole rings is 1. The molecule has 0 aliphatic carbocycles. The molecule has 0 bridgehead atoms. The van der Waals surface area contributed by atoms with Gasteiger partial charge in [-0.15, -0.1) is 0 Å². The molecule has 23 heavy (non-hydrogen) atoms. The van der Waals surface area contributed by atoms with Gasteiger partial charge in [-0.25, -0.2) is 12.7 Å². The molecule has 1 atom stereocenters. The average Bonchev–Trinajstić information content (AvgIpc) is 2.96. The van der Waals surface area contributed by atoms with Crippen molar-refractivity contribution in [2.75, 3.05) is 24.2 Å². The molecule has 1 aromatic rings. The summed E-state index contributed by atoms with van der Waals surface area (Å²) in [6, 6.07) is 0.162. The maximum absolute atomic E-state index is 12.4. The number of sulfonamides is 1. The van der Waals surface area contributed by atoms with E-state index in [2.05, 4.69) is 10.3 Å². The number of nitrogens with zero attached hydrogens (tertiary/aromatic N) is 2. The molecule has 1 amide bonds. The van der Waals surface area contributed by atoms with E-state index >= 15 is 0 Å². The van der Waals surface area contributed by atoms with Gasteiger partial charge < -0.3 is 4.42 Å². The lowest BCUT2D eigenvalue weighted by atomic mass is 9.93. The molecular weight excluding hydrogens is 318 g/mol. The lowest BCUT2D eigenvalue weighted by Gasteiger charge is -2.30. The van der Waals surface area contributed by atoms with Crippen LogP contribution in [-0.4, -0.2) is 42.5 Å². The predicted octanol–water partition coefficient (Wildman–Crippen LogP) is 1.97. The standard InChI is InChI=1S/C15H25N3O4S/c1-5-23(20,21)18-8-6-7-11(9-18)13(19)17-14-16-12(10-22-14)15(2,3)4/h10-11H,5-9H2,1-4H3,(H,16,17,19). The van der Waals surface area contributed by atoms with Gasteiger partial charge in [0, 0.05) is 18.5 Å². The Kier molecular flexibility index (Phi) is 5.15. The van der Waals surface area contributed by atoms with Gasteiger partial charge in [-0.1, -0.05) is 20.8 Å². The van der Waals surface area contributed by atoms with Crippen molar-refractivity contribution < 1.29 is 17.6 Å². The lowest BCUT2D eigenvalue weighted by Crippen LogP contribution is -2.44. The summed E-state index contributed by atoms with van der Waals surface area (Å²) in [7, 11) is -3.26. The van der Waals surface area contributed by atoms with E-state index in [1.165, 1.54) is 10.6 Å². The fourth-order valence-electron chi connectivity index (χ4n) is 2.47. The van der Waals surface area contributed by atoms with E-state index in [9.17, 15) is 13.2 Å². The van der Waals surface area contributed by atoms with E-state index in [0.717, 1.165) is 5.69 Å². The largest absolute Gasteiger partial charge is 0.432 e. The number of nitrogens with one attached hydrogen (secondary N) is 1. The fourth-order valence-corrected chi connectivity index (χ4v) is 3.65. The third-order valence-electron chi connectivity index (χ3n) is 4.02. The first kappa shape index (κ1) is 17.9. The summed E-state index contributed by atoms with van der Waals surface area (Å²) in [6.07, 6.45) is 2.87. The number of carbonyl (C=O) groups is 1. The first-order chi connectivity index (χ1) is 10.6. The first-order valence-corrected chi connectivity index (χ1v) is 9.49. The van der Waals surface area contributed by atoms with Gasteiger partial charge in [0.25, 0.3) is 0 Å². The van der Waals surface area contributed by atoms with Gasteiger partial charge >= 0.3 is 6.01 Å². The highest BCUT2D eigenvalue weighted by atomic mass is 32.2. The van der Waals surface area contributed by atoms with Crippen LogP contribution in [-0.2, 0) is 20.2 Å². The maximum Gasteiger partial charge on any atom is 0.301 e. The Morgan fingerprint density at radius 1 is 1.48 bits per heavy atom. The van der Waals surface area contributed by atoms with Crippen LogP contribution in [0, 0.1) is 5.92 Å². The molecule has 0 saturated carbocycles. The van der Waals surface area contributed by atoms with Crippen LogP contribution in [0.3, 0.4) is 0 Å². The minimum absolute atomic E-state index is 0.0516. The number of carbonyl (C=O) groups excluding carboxylic acids is 1. The highest BCUT2D eigenvalue weighted by Crippen LogP contribution is 2.24. The molecule has 130 valence electrons. The van der Waals surface area contributed by atoms with Crippen molar-refractivity contribution in [1.29, 1.82) is 0 Å². The van der Waals surface area contributed by atoms with E-state index in [4.69, 9.17) is 4.42 Å². The summed E-state index contributed by atoms with van der Waals surface area (Å²) in [5.74, 6) is -0.575. The monoisotopic (exact) mass is 343 g/mol. The summed E-state index contributed by atoms with van der Waals surface area (Å²) in [6.45, 7) is 8.32. The zero-order chi connectivity index (χ0) is 17.3. The van der Waals surface area contributed by atoms with Gasteiger partial charge in [0.2, 0.25) is 15.9 Å². The van der Waals surface area contributed by atoms with Crippen molar-refractivity contribution in [3.8, 4) is 0 Å². The topological polar surface area (TPSA) is 92.5 Å². The predicted molar refractivity (Wildman–Crippen MR) is 87.6 cm³/mol. The number of amides is 1. The van der Waals surface area contributed by atoms with E-state index in [-0.39, 0.29) is 35.6 Å². The van der Waals surface area contributed by atoms with Crippen molar-refractivity contribution in [2.24, 2.45) is 5.92 Å². The maximum atomic E-state index is 12.4. The van der Waals surface area contributed by atoms with Crippen molar-refractivity contribution >= 4 is 21.9 Å². The SMILES string of the molecule is CCS(=O)(=O)N1CCCC(C(=O)Nc2nc(C(C)(C)C)co2)C1. The third-order valence-corrected chi connectivity index (χ3v) is 5.86. The van der Waals surface area contributed by atoms with Gasteiger partial charge in [-0.2, -0.15) is 4.98 Å². The quantitative estimate of drug-likeness (QED) is 0.902. The Morgan fingerprint density at radius 3 is 2.74 bits per heavy atom. The van der Waals surface area contributed by atoms with Crippen molar-refractivity contribution in [2.45, 2.75) is 46.0 Å². The molecule has 1 N–H and O–H groups in total. The van der Waals surface area contributed by atoms with Crippen LogP contribution >= 0.6 is 0 Å².